The second-order valence-corrected chi connectivity index (χ2v) is 5.18. The highest BCUT2D eigenvalue weighted by atomic mass is 16.2. The molecule has 2 amide bonds. The number of carbonyl (C=O) groups is 2. The number of rotatable bonds is 2. The van der Waals surface area contributed by atoms with Crippen molar-refractivity contribution in [3.63, 3.8) is 0 Å². The number of hydrogen-bond acceptors (Lipinski definition) is 2. The van der Waals surface area contributed by atoms with Crippen LogP contribution in [0.25, 0.3) is 0 Å². The highest BCUT2D eigenvalue weighted by Gasteiger charge is 2.47. The van der Waals surface area contributed by atoms with Gasteiger partial charge in [-0.05, 0) is 18.8 Å². The Morgan fingerprint density at radius 1 is 1.12 bits per heavy atom. The van der Waals surface area contributed by atoms with Crippen LogP contribution in [0.15, 0.2) is 13.2 Å². The SMILES string of the molecule is C=C.CC(C)CN1C(=O)C2CCCCC2C1=O. The number of nitrogens with zero attached hydrogens (tertiary/aromatic N) is 1. The van der Waals surface area contributed by atoms with E-state index in [1.54, 1.807) is 0 Å². The summed E-state index contributed by atoms with van der Waals surface area (Å²) in [4.78, 5) is 25.5. The minimum absolute atomic E-state index is 0.0185. The number of carbonyl (C=O) groups excluding carboxylic acids is 2. The van der Waals surface area contributed by atoms with Crippen LogP contribution in [0.4, 0.5) is 0 Å². The lowest BCUT2D eigenvalue weighted by Gasteiger charge is -2.19. The van der Waals surface area contributed by atoms with Gasteiger partial charge < -0.3 is 0 Å². The average molecular weight is 237 g/mol. The molecule has 2 rings (SSSR count). The predicted octanol–water partition coefficient (Wildman–Crippen LogP) is 2.62. The van der Waals surface area contributed by atoms with Gasteiger partial charge in [-0.2, -0.15) is 0 Å². The van der Waals surface area contributed by atoms with E-state index in [4.69, 9.17) is 0 Å². The van der Waals surface area contributed by atoms with Crippen LogP contribution in [0.1, 0.15) is 39.5 Å². The highest BCUT2D eigenvalue weighted by molar-refractivity contribution is 6.05. The third-order valence-electron chi connectivity index (χ3n) is 3.48. The zero-order chi connectivity index (χ0) is 13.0. The van der Waals surface area contributed by atoms with Crippen LogP contribution in [0.5, 0.6) is 0 Å². The fourth-order valence-corrected chi connectivity index (χ4v) is 2.78. The summed E-state index contributed by atoms with van der Waals surface area (Å²) in [5.41, 5.74) is 0. The molecule has 0 spiro atoms. The summed E-state index contributed by atoms with van der Waals surface area (Å²) in [7, 11) is 0. The topological polar surface area (TPSA) is 37.4 Å². The monoisotopic (exact) mass is 237 g/mol. The zero-order valence-corrected chi connectivity index (χ0v) is 10.9. The molecule has 1 saturated carbocycles. The second kappa shape index (κ2) is 5.99. The second-order valence-electron chi connectivity index (χ2n) is 5.18. The van der Waals surface area contributed by atoms with Crippen LogP contribution in [-0.2, 0) is 9.59 Å². The quantitative estimate of drug-likeness (QED) is 0.547. The van der Waals surface area contributed by atoms with Gasteiger partial charge in [-0.3, -0.25) is 14.5 Å². The fourth-order valence-electron chi connectivity index (χ4n) is 2.78. The molecular formula is C14H23NO2. The van der Waals surface area contributed by atoms with Crippen molar-refractivity contribution in [3.8, 4) is 0 Å². The van der Waals surface area contributed by atoms with Gasteiger partial charge in [-0.25, -0.2) is 0 Å². The van der Waals surface area contributed by atoms with Crippen LogP contribution in [0, 0.1) is 17.8 Å². The average Bonchev–Trinajstić information content (AvgIpc) is 2.57. The Bertz CT molecular complexity index is 275. The van der Waals surface area contributed by atoms with Crippen molar-refractivity contribution >= 4 is 11.8 Å². The lowest BCUT2D eigenvalue weighted by atomic mass is 9.81. The first kappa shape index (κ1) is 13.9. The maximum atomic E-state index is 12.0. The van der Waals surface area contributed by atoms with E-state index in [9.17, 15) is 9.59 Å². The number of fused-ring (bicyclic) bond motifs is 1. The molecule has 1 saturated heterocycles. The fraction of sp³-hybridized carbons (Fsp3) is 0.714. The molecule has 0 aromatic carbocycles. The molecule has 2 atom stereocenters. The van der Waals surface area contributed by atoms with Gasteiger partial charge in [-0.15, -0.1) is 13.2 Å². The van der Waals surface area contributed by atoms with Gasteiger partial charge in [0, 0.05) is 6.54 Å². The molecule has 2 unspecified atom stereocenters. The molecule has 1 heterocycles. The summed E-state index contributed by atoms with van der Waals surface area (Å²) >= 11 is 0. The van der Waals surface area contributed by atoms with Crippen LogP contribution in [0.2, 0.25) is 0 Å². The van der Waals surface area contributed by atoms with Crippen LogP contribution in [-0.4, -0.2) is 23.3 Å². The maximum absolute atomic E-state index is 12.0. The van der Waals surface area contributed by atoms with E-state index in [1.165, 1.54) is 4.90 Å². The predicted molar refractivity (Wildman–Crippen MR) is 68.3 cm³/mol. The van der Waals surface area contributed by atoms with Gasteiger partial charge in [0.15, 0.2) is 0 Å². The minimum Gasteiger partial charge on any atom is -0.282 e. The molecule has 0 aromatic rings. The molecule has 1 aliphatic carbocycles. The summed E-state index contributed by atoms with van der Waals surface area (Å²) in [6.45, 7) is 10.7. The minimum atomic E-state index is 0.0185. The Hall–Kier alpha value is -1.12. The van der Waals surface area contributed by atoms with E-state index in [0.717, 1.165) is 25.7 Å². The molecule has 0 radical (unpaired) electrons. The summed E-state index contributed by atoms with van der Waals surface area (Å²) < 4.78 is 0. The number of imide groups is 1. The maximum Gasteiger partial charge on any atom is 0.233 e. The lowest BCUT2D eigenvalue weighted by Crippen LogP contribution is -2.34. The van der Waals surface area contributed by atoms with E-state index in [1.807, 2.05) is 13.8 Å². The Morgan fingerprint density at radius 3 is 1.88 bits per heavy atom. The first-order valence-corrected chi connectivity index (χ1v) is 6.46. The van der Waals surface area contributed by atoms with Crippen molar-refractivity contribution in [1.82, 2.24) is 4.90 Å². The molecule has 3 heteroatoms. The van der Waals surface area contributed by atoms with Crippen LogP contribution < -0.4 is 0 Å². The molecule has 3 nitrogen and oxygen atoms in total. The summed E-state index contributed by atoms with van der Waals surface area (Å²) in [6, 6.07) is 0. The number of hydrogen-bond donors (Lipinski definition) is 0. The first-order valence-electron chi connectivity index (χ1n) is 6.46. The first-order chi connectivity index (χ1) is 8.11. The third-order valence-corrected chi connectivity index (χ3v) is 3.48. The number of amides is 2. The molecule has 0 aromatic heterocycles. The summed E-state index contributed by atoms with van der Waals surface area (Å²) in [5.74, 6) is 0.602. The molecule has 1 aliphatic heterocycles. The van der Waals surface area contributed by atoms with Gasteiger partial charge in [0.1, 0.15) is 0 Å². The van der Waals surface area contributed by atoms with E-state index >= 15 is 0 Å². The Morgan fingerprint density at radius 2 is 1.53 bits per heavy atom. The zero-order valence-electron chi connectivity index (χ0n) is 10.9. The molecule has 0 bridgehead atoms. The number of likely N-dealkylation sites (tertiary alicyclic amines) is 1. The van der Waals surface area contributed by atoms with Crippen molar-refractivity contribution in [2.45, 2.75) is 39.5 Å². The normalized spacial score (nSPS) is 27.8. The smallest absolute Gasteiger partial charge is 0.233 e. The van der Waals surface area contributed by atoms with Crippen LogP contribution >= 0.6 is 0 Å². The van der Waals surface area contributed by atoms with Gasteiger partial charge >= 0.3 is 0 Å². The van der Waals surface area contributed by atoms with E-state index in [0.29, 0.717) is 12.5 Å². The van der Waals surface area contributed by atoms with E-state index in [-0.39, 0.29) is 23.7 Å². The molecule has 17 heavy (non-hydrogen) atoms. The molecule has 0 N–H and O–H groups in total. The van der Waals surface area contributed by atoms with E-state index in [2.05, 4.69) is 13.2 Å². The Balaban J connectivity index is 0.000000686. The lowest BCUT2D eigenvalue weighted by molar-refractivity contribution is -0.140. The van der Waals surface area contributed by atoms with Gasteiger partial charge in [0.2, 0.25) is 11.8 Å². The van der Waals surface area contributed by atoms with Gasteiger partial charge in [0.25, 0.3) is 0 Å². The Labute approximate surface area is 104 Å². The van der Waals surface area contributed by atoms with Crippen molar-refractivity contribution in [2.75, 3.05) is 6.54 Å². The van der Waals surface area contributed by atoms with Gasteiger partial charge in [-0.1, -0.05) is 26.7 Å². The highest BCUT2D eigenvalue weighted by Crippen LogP contribution is 2.38. The van der Waals surface area contributed by atoms with Gasteiger partial charge in [0.05, 0.1) is 11.8 Å². The molecule has 96 valence electrons. The van der Waals surface area contributed by atoms with Crippen molar-refractivity contribution < 1.29 is 9.59 Å². The molecular weight excluding hydrogens is 214 g/mol. The third kappa shape index (κ3) is 2.76. The summed E-state index contributed by atoms with van der Waals surface area (Å²) in [5, 5.41) is 0. The van der Waals surface area contributed by atoms with Crippen molar-refractivity contribution in [1.29, 1.82) is 0 Å². The summed E-state index contributed by atoms with van der Waals surface area (Å²) in [6.07, 6.45) is 4.05. The Kier molecular flexibility index (Phi) is 4.91. The van der Waals surface area contributed by atoms with Crippen molar-refractivity contribution in [2.24, 2.45) is 17.8 Å². The standard InChI is InChI=1S/C12H19NO2.C2H4/c1-8(2)7-13-11(14)9-5-3-4-6-10(9)12(13)15;1-2/h8-10H,3-7H2,1-2H3;1-2H2. The largest absolute Gasteiger partial charge is 0.282 e. The van der Waals surface area contributed by atoms with Crippen molar-refractivity contribution in [3.05, 3.63) is 13.2 Å². The van der Waals surface area contributed by atoms with Crippen LogP contribution in [0.3, 0.4) is 0 Å². The molecule has 2 fully saturated rings. The molecule has 2 aliphatic rings. The van der Waals surface area contributed by atoms with E-state index < -0.39 is 0 Å².